The first kappa shape index (κ1) is 12.7. The van der Waals surface area contributed by atoms with Gasteiger partial charge in [-0.3, -0.25) is 9.59 Å². The van der Waals surface area contributed by atoms with E-state index in [1.165, 1.54) is 0 Å². The molecule has 0 bridgehead atoms. The van der Waals surface area contributed by atoms with Gasteiger partial charge < -0.3 is 9.84 Å². The number of allylic oxidation sites excluding steroid dienone is 1. The molecule has 0 unspecified atom stereocenters. The molecular weight excluding hydrogens is 208 g/mol. The van der Waals surface area contributed by atoms with Crippen molar-refractivity contribution in [1.29, 1.82) is 0 Å². The van der Waals surface area contributed by atoms with Crippen LogP contribution in [-0.2, 0) is 14.3 Å². The minimum Gasteiger partial charge on any atom is -0.511 e. The van der Waals surface area contributed by atoms with Gasteiger partial charge in [0.1, 0.15) is 17.3 Å². The summed E-state index contributed by atoms with van der Waals surface area (Å²) in [6, 6.07) is 0. The van der Waals surface area contributed by atoms with Crippen molar-refractivity contribution >= 4 is 11.8 Å². The van der Waals surface area contributed by atoms with Crippen molar-refractivity contribution in [3.63, 3.8) is 0 Å². The lowest BCUT2D eigenvalue weighted by molar-refractivity contribution is -0.161. The van der Waals surface area contributed by atoms with Crippen molar-refractivity contribution in [2.75, 3.05) is 0 Å². The Kier molecular flexibility index (Phi) is 3.41. The number of carbonyl (C=O) groups is 2. The van der Waals surface area contributed by atoms with E-state index in [1.54, 1.807) is 27.7 Å². The number of carbonyl (C=O) groups excluding carboxylic acids is 2. The molecule has 1 aliphatic carbocycles. The van der Waals surface area contributed by atoms with Crippen LogP contribution >= 0.6 is 0 Å². The average Bonchev–Trinajstić information content (AvgIpc) is 1.96. The van der Waals surface area contributed by atoms with E-state index < -0.39 is 17.5 Å². The number of ether oxygens (including phenoxy) is 1. The number of esters is 1. The Bertz CT molecular complexity index is 335. The molecular formula is C12H18O4. The molecule has 0 spiro atoms. The molecule has 1 N–H and O–H groups in total. The molecule has 1 rings (SSSR count). The molecule has 1 aliphatic rings. The fourth-order valence-electron chi connectivity index (χ4n) is 1.76. The summed E-state index contributed by atoms with van der Waals surface area (Å²) >= 11 is 0. The second kappa shape index (κ2) is 4.28. The summed E-state index contributed by atoms with van der Waals surface area (Å²) in [6.07, 6.45) is 1.39. The quantitative estimate of drug-likeness (QED) is 0.694. The average molecular weight is 226 g/mol. The predicted octanol–water partition coefficient (Wildman–Crippen LogP) is 2.00. The maximum atomic E-state index is 11.8. The third-order valence-electron chi connectivity index (χ3n) is 2.38. The Hall–Kier alpha value is -1.32. The van der Waals surface area contributed by atoms with E-state index in [0.717, 1.165) is 6.08 Å². The van der Waals surface area contributed by atoms with Crippen LogP contribution in [-0.4, -0.2) is 22.5 Å². The number of hydrogen-bond donors (Lipinski definition) is 1. The summed E-state index contributed by atoms with van der Waals surface area (Å²) < 4.78 is 5.20. The normalized spacial score (nSPS) is 26.2. The topological polar surface area (TPSA) is 63.6 Å². The zero-order chi connectivity index (χ0) is 12.5. The Labute approximate surface area is 95.3 Å². The number of ketones is 1. The van der Waals surface area contributed by atoms with Crippen LogP contribution in [0.5, 0.6) is 0 Å². The standard InChI is InChI=1S/C12H18O4/c1-7-5-8(13)6-9(14)10(7)11(15)16-12(2,3)4/h6-7,10,14H,5H2,1-4H3/t7-,10+/m1/s1. The van der Waals surface area contributed by atoms with Crippen molar-refractivity contribution in [3.8, 4) is 0 Å². The third kappa shape index (κ3) is 3.08. The van der Waals surface area contributed by atoms with E-state index in [2.05, 4.69) is 0 Å². The first-order valence-electron chi connectivity index (χ1n) is 5.37. The smallest absolute Gasteiger partial charge is 0.317 e. The molecule has 0 saturated heterocycles. The summed E-state index contributed by atoms with van der Waals surface area (Å²) in [5.41, 5.74) is -0.585. The molecule has 16 heavy (non-hydrogen) atoms. The summed E-state index contributed by atoms with van der Waals surface area (Å²) in [7, 11) is 0. The van der Waals surface area contributed by atoms with E-state index in [9.17, 15) is 14.7 Å². The lowest BCUT2D eigenvalue weighted by atomic mass is 9.83. The van der Waals surface area contributed by atoms with Crippen LogP contribution in [0, 0.1) is 11.8 Å². The van der Waals surface area contributed by atoms with Gasteiger partial charge in [0.15, 0.2) is 5.78 Å². The monoisotopic (exact) mass is 226 g/mol. The second-order valence-corrected chi connectivity index (χ2v) is 5.23. The lowest BCUT2D eigenvalue weighted by Gasteiger charge is -2.28. The molecule has 0 aromatic carbocycles. The van der Waals surface area contributed by atoms with Crippen LogP contribution < -0.4 is 0 Å². The van der Waals surface area contributed by atoms with E-state index >= 15 is 0 Å². The van der Waals surface area contributed by atoms with Crippen molar-refractivity contribution in [2.45, 2.75) is 39.7 Å². The van der Waals surface area contributed by atoms with Crippen molar-refractivity contribution < 1.29 is 19.4 Å². The second-order valence-electron chi connectivity index (χ2n) is 5.23. The molecule has 0 amide bonds. The number of aliphatic hydroxyl groups is 1. The van der Waals surface area contributed by atoms with Crippen molar-refractivity contribution in [3.05, 3.63) is 11.8 Å². The number of hydrogen-bond acceptors (Lipinski definition) is 4. The van der Waals surface area contributed by atoms with E-state index in [-0.39, 0.29) is 23.9 Å². The van der Waals surface area contributed by atoms with Gasteiger partial charge in [-0.15, -0.1) is 0 Å². The molecule has 0 heterocycles. The minimum absolute atomic E-state index is 0.148. The molecule has 0 aromatic rings. The lowest BCUT2D eigenvalue weighted by Crippen LogP contribution is -2.35. The first-order chi connectivity index (χ1) is 7.20. The fourth-order valence-corrected chi connectivity index (χ4v) is 1.76. The van der Waals surface area contributed by atoms with E-state index in [1.807, 2.05) is 0 Å². The zero-order valence-corrected chi connectivity index (χ0v) is 10.1. The van der Waals surface area contributed by atoms with Gasteiger partial charge in [0.05, 0.1) is 0 Å². The van der Waals surface area contributed by atoms with Gasteiger partial charge in [-0.25, -0.2) is 0 Å². The van der Waals surface area contributed by atoms with E-state index in [0.29, 0.717) is 0 Å². The minimum atomic E-state index is -0.711. The van der Waals surface area contributed by atoms with Gasteiger partial charge in [0, 0.05) is 12.5 Å². The van der Waals surface area contributed by atoms with Crippen LogP contribution in [0.1, 0.15) is 34.1 Å². The molecule has 0 radical (unpaired) electrons. The summed E-state index contributed by atoms with van der Waals surface area (Å²) in [5, 5.41) is 9.62. The van der Waals surface area contributed by atoms with Crippen LogP contribution in [0.25, 0.3) is 0 Å². The van der Waals surface area contributed by atoms with Gasteiger partial charge in [-0.05, 0) is 26.7 Å². The van der Waals surface area contributed by atoms with Crippen LogP contribution in [0.15, 0.2) is 11.8 Å². The Balaban J connectivity index is 2.83. The van der Waals surface area contributed by atoms with Gasteiger partial charge >= 0.3 is 5.97 Å². The molecule has 0 aromatic heterocycles. The summed E-state index contributed by atoms with van der Waals surface area (Å²) in [4.78, 5) is 23.0. The number of aliphatic hydroxyl groups excluding tert-OH is 1. The highest BCUT2D eigenvalue weighted by molar-refractivity contribution is 5.93. The van der Waals surface area contributed by atoms with Crippen LogP contribution in [0.3, 0.4) is 0 Å². The van der Waals surface area contributed by atoms with Gasteiger partial charge in [0.25, 0.3) is 0 Å². The Morgan fingerprint density at radius 1 is 1.50 bits per heavy atom. The highest BCUT2D eigenvalue weighted by Gasteiger charge is 2.36. The Morgan fingerprint density at radius 2 is 2.06 bits per heavy atom. The highest BCUT2D eigenvalue weighted by Crippen LogP contribution is 2.29. The third-order valence-corrected chi connectivity index (χ3v) is 2.38. The molecule has 0 fully saturated rings. The summed E-state index contributed by atoms with van der Waals surface area (Å²) in [6.45, 7) is 7.06. The maximum Gasteiger partial charge on any atom is 0.317 e. The van der Waals surface area contributed by atoms with Crippen LogP contribution in [0.2, 0.25) is 0 Å². The Morgan fingerprint density at radius 3 is 2.50 bits per heavy atom. The van der Waals surface area contributed by atoms with Gasteiger partial charge in [-0.2, -0.15) is 0 Å². The van der Waals surface area contributed by atoms with E-state index in [4.69, 9.17) is 4.74 Å². The first-order valence-corrected chi connectivity index (χ1v) is 5.37. The molecule has 4 heteroatoms. The van der Waals surface area contributed by atoms with Gasteiger partial charge in [-0.1, -0.05) is 6.92 Å². The zero-order valence-electron chi connectivity index (χ0n) is 10.1. The molecule has 0 aliphatic heterocycles. The largest absolute Gasteiger partial charge is 0.511 e. The van der Waals surface area contributed by atoms with Crippen LogP contribution in [0.4, 0.5) is 0 Å². The SMILES string of the molecule is C[C@@H]1CC(=O)C=C(O)[C@H]1C(=O)OC(C)(C)C. The molecule has 90 valence electrons. The molecule has 4 nitrogen and oxygen atoms in total. The highest BCUT2D eigenvalue weighted by atomic mass is 16.6. The predicted molar refractivity (Wildman–Crippen MR) is 58.8 cm³/mol. The fraction of sp³-hybridized carbons (Fsp3) is 0.667. The maximum absolute atomic E-state index is 11.8. The number of rotatable bonds is 1. The van der Waals surface area contributed by atoms with Crippen molar-refractivity contribution in [2.24, 2.45) is 11.8 Å². The molecule has 2 atom stereocenters. The summed E-state index contributed by atoms with van der Waals surface area (Å²) in [5.74, 6) is -1.73. The van der Waals surface area contributed by atoms with Gasteiger partial charge in [0.2, 0.25) is 0 Å². The van der Waals surface area contributed by atoms with Crippen molar-refractivity contribution in [1.82, 2.24) is 0 Å². The molecule has 0 saturated carbocycles.